The van der Waals surface area contributed by atoms with Crippen molar-refractivity contribution in [2.75, 3.05) is 7.11 Å². The zero-order valence-electron chi connectivity index (χ0n) is 24.8. The predicted octanol–water partition coefficient (Wildman–Crippen LogP) is 7.38. The molecule has 2 saturated carbocycles. The summed E-state index contributed by atoms with van der Waals surface area (Å²) in [5.74, 6) is -3.33. The van der Waals surface area contributed by atoms with Gasteiger partial charge in [0.15, 0.2) is 0 Å². The Morgan fingerprint density at radius 1 is 0.523 bits per heavy atom. The summed E-state index contributed by atoms with van der Waals surface area (Å²) in [7, 11) is 1.31. The molecule has 0 N–H and O–H groups in total. The van der Waals surface area contributed by atoms with Crippen molar-refractivity contribution in [1.82, 2.24) is 0 Å². The van der Waals surface area contributed by atoms with Crippen molar-refractivity contribution >= 4 is 0 Å². The van der Waals surface area contributed by atoms with Gasteiger partial charge in [0, 0.05) is 7.11 Å². The second-order valence-corrected chi connectivity index (χ2v) is 11.5. The Labute approximate surface area is 257 Å². The molecular formula is C37H38F2O5. The molecule has 0 aromatic heterocycles. The van der Waals surface area contributed by atoms with Gasteiger partial charge in [-0.2, -0.15) is 0 Å². The summed E-state index contributed by atoms with van der Waals surface area (Å²) < 4.78 is 65.1. The van der Waals surface area contributed by atoms with Gasteiger partial charge >= 0.3 is 0 Å². The van der Waals surface area contributed by atoms with Crippen molar-refractivity contribution in [3.8, 4) is 0 Å². The first kappa shape index (κ1) is 30.6. The van der Waals surface area contributed by atoms with E-state index in [-0.39, 0.29) is 32.8 Å². The molecule has 6 rings (SSSR count). The van der Waals surface area contributed by atoms with Gasteiger partial charge in [0.1, 0.15) is 24.4 Å². The zero-order valence-corrected chi connectivity index (χ0v) is 24.8. The highest BCUT2D eigenvalue weighted by Gasteiger charge is 2.82. The fourth-order valence-electron chi connectivity index (χ4n) is 6.36. The molecule has 0 amide bonds. The summed E-state index contributed by atoms with van der Waals surface area (Å²) in [6.07, 6.45) is -5.22. The molecule has 5 nitrogen and oxygen atoms in total. The molecule has 4 aromatic rings. The molecular weight excluding hydrogens is 562 g/mol. The number of benzene rings is 4. The van der Waals surface area contributed by atoms with Gasteiger partial charge in [-0.3, -0.25) is 0 Å². The highest BCUT2D eigenvalue weighted by atomic mass is 19.3. The van der Waals surface area contributed by atoms with Crippen LogP contribution in [0.3, 0.4) is 0 Å². The van der Waals surface area contributed by atoms with E-state index in [4.69, 9.17) is 23.7 Å². The van der Waals surface area contributed by atoms with Crippen molar-refractivity contribution in [3.05, 3.63) is 144 Å². The van der Waals surface area contributed by atoms with Crippen LogP contribution in [0.1, 0.15) is 28.7 Å². The molecule has 4 aromatic carbocycles. The minimum absolute atomic E-state index is 0.114. The SMILES string of the molecule is CO[C@H]1[C@H](OCc2ccccc2)[C@@H](OCc2ccccc2)[C@H](OCc2ccccc2)C2(CC2OCc2ccccc2)C1(F)F. The van der Waals surface area contributed by atoms with E-state index in [2.05, 4.69) is 0 Å². The zero-order chi connectivity index (χ0) is 30.4. The molecule has 7 heteroatoms. The molecule has 2 aliphatic carbocycles. The summed E-state index contributed by atoms with van der Waals surface area (Å²) in [6.45, 7) is 0.688. The van der Waals surface area contributed by atoms with E-state index in [9.17, 15) is 0 Å². The maximum Gasteiger partial charge on any atom is 0.287 e. The second kappa shape index (κ2) is 13.7. The van der Waals surface area contributed by atoms with Crippen LogP contribution in [0, 0.1) is 5.41 Å². The minimum atomic E-state index is -3.33. The number of methoxy groups -OCH3 is 1. The van der Waals surface area contributed by atoms with Gasteiger partial charge in [0.2, 0.25) is 0 Å². The van der Waals surface area contributed by atoms with Gasteiger partial charge in [-0.1, -0.05) is 121 Å². The van der Waals surface area contributed by atoms with Crippen LogP contribution in [0.2, 0.25) is 0 Å². The molecule has 2 unspecified atom stereocenters. The normalized spacial score (nSPS) is 27.3. The van der Waals surface area contributed by atoms with E-state index < -0.39 is 41.9 Å². The van der Waals surface area contributed by atoms with Gasteiger partial charge in [-0.25, -0.2) is 8.78 Å². The van der Waals surface area contributed by atoms with Crippen molar-refractivity contribution < 1.29 is 32.5 Å². The lowest BCUT2D eigenvalue weighted by atomic mass is 9.73. The van der Waals surface area contributed by atoms with Crippen molar-refractivity contribution in [1.29, 1.82) is 0 Å². The van der Waals surface area contributed by atoms with Crippen LogP contribution in [0.25, 0.3) is 0 Å². The Morgan fingerprint density at radius 3 is 1.30 bits per heavy atom. The molecule has 1 spiro atoms. The number of hydrogen-bond donors (Lipinski definition) is 0. The second-order valence-electron chi connectivity index (χ2n) is 11.5. The molecule has 44 heavy (non-hydrogen) atoms. The van der Waals surface area contributed by atoms with E-state index in [0.29, 0.717) is 0 Å². The third-order valence-electron chi connectivity index (χ3n) is 8.73. The van der Waals surface area contributed by atoms with E-state index in [1.807, 2.05) is 121 Å². The van der Waals surface area contributed by atoms with E-state index in [1.54, 1.807) is 0 Å². The van der Waals surface area contributed by atoms with Crippen LogP contribution in [0.4, 0.5) is 8.78 Å². The number of ether oxygens (including phenoxy) is 5. The lowest BCUT2D eigenvalue weighted by Gasteiger charge is -2.50. The molecule has 6 atom stereocenters. The van der Waals surface area contributed by atoms with Gasteiger partial charge in [0.05, 0.1) is 37.9 Å². The maximum absolute atomic E-state index is 17.0. The monoisotopic (exact) mass is 600 g/mol. The van der Waals surface area contributed by atoms with E-state index in [1.165, 1.54) is 7.11 Å². The fraction of sp³-hybridized carbons (Fsp3) is 0.351. The van der Waals surface area contributed by atoms with Crippen LogP contribution >= 0.6 is 0 Å². The highest BCUT2D eigenvalue weighted by molar-refractivity contribution is 5.27. The highest BCUT2D eigenvalue weighted by Crippen LogP contribution is 2.67. The lowest BCUT2D eigenvalue weighted by Crippen LogP contribution is -2.69. The Bertz CT molecular complexity index is 1440. The molecule has 2 aliphatic rings. The average Bonchev–Trinajstić information content (AvgIpc) is 3.81. The van der Waals surface area contributed by atoms with E-state index >= 15 is 8.78 Å². The lowest BCUT2D eigenvalue weighted by molar-refractivity contribution is -0.317. The topological polar surface area (TPSA) is 46.2 Å². The van der Waals surface area contributed by atoms with Crippen molar-refractivity contribution in [2.24, 2.45) is 5.41 Å². The van der Waals surface area contributed by atoms with Crippen LogP contribution in [-0.4, -0.2) is 43.6 Å². The van der Waals surface area contributed by atoms with Crippen LogP contribution in [-0.2, 0) is 50.1 Å². The molecule has 0 aliphatic heterocycles. The number of alkyl halides is 2. The van der Waals surface area contributed by atoms with Crippen LogP contribution in [0.5, 0.6) is 0 Å². The Balaban J connectivity index is 1.35. The number of hydrogen-bond acceptors (Lipinski definition) is 5. The first-order valence-electron chi connectivity index (χ1n) is 15.1. The quantitative estimate of drug-likeness (QED) is 0.160. The van der Waals surface area contributed by atoms with E-state index in [0.717, 1.165) is 22.3 Å². The summed E-state index contributed by atoms with van der Waals surface area (Å²) in [4.78, 5) is 0. The summed E-state index contributed by atoms with van der Waals surface area (Å²) >= 11 is 0. The Hall–Kier alpha value is -3.46. The molecule has 0 heterocycles. The predicted molar refractivity (Wildman–Crippen MR) is 163 cm³/mol. The van der Waals surface area contributed by atoms with Crippen LogP contribution in [0.15, 0.2) is 121 Å². The standard InChI is InChI=1S/C37H38F2O5/c1-40-35-33(43-25-29-18-10-4-11-19-29)32(42-24-28-16-8-3-9-17-28)34(44-26-30-20-12-5-13-21-30)36(37(35,38)39)22-31(36)41-23-27-14-6-2-7-15-27/h2-21,31-35H,22-26H2,1H3/t31?,32-,33-,34+,35+,36?/m1/s1. The molecule has 0 saturated heterocycles. The van der Waals surface area contributed by atoms with Gasteiger partial charge in [-0.15, -0.1) is 0 Å². The summed E-state index contributed by atoms with van der Waals surface area (Å²) in [5, 5.41) is 0. The third-order valence-corrected chi connectivity index (χ3v) is 8.73. The maximum atomic E-state index is 17.0. The molecule has 2 fully saturated rings. The molecule has 230 valence electrons. The van der Waals surface area contributed by atoms with Crippen molar-refractivity contribution in [3.63, 3.8) is 0 Å². The summed E-state index contributed by atoms with van der Waals surface area (Å²) in [6, 6.07) is 38.3. The summed E-state index contributed by atoms with van der Waals surface area (Å²) in [5.41, 5.74) is 1.92. The first-order chi connectivity index (χ1) is 21.5. The van der Waals surface area contributed by atoms with Gasteiger partial charge in [-0.05, 0) is 28.7 Å². The molecule has 0 bridgehead atoms. The number of rotatable bonds is 13. The van der Waals surface area contributed by atoms with Gasteiger partial charge < -0.3 is 23.7 Å². The minimum Gasteiger partial charge on any atom is -0.373 e. The average molecular weight is 601 g/mol. The smallest absolute Gasteiger partial charge is 0.287 e. The van der Waals surface area contributed by atoms with Gasteiger partial charge in [0.25, 0.3) is 5.92 Å². The Morgan fingerprint density at radius 2 is 0.886 bits per heavy atom. The van der Waals surface area contributed by atoms with Crippen LogP contribution < -0.4 is 0 Å². The fourth-order valence-corrected chi connectivity index (χ4v) is 6.36. The number of halogens is 2. The largest absolute Gasteiger partial charge is 0.373 e. The van der Waals surface area contributed by atoms with Crippen molar-refractivity contribution in [2.45, 2.75) is 69.3 Å². The third kappa shape index (κ3) is 6.34. The Kier molecular flexibility index (Phi) is 9.50. The first-order valence-corrected chi connectivity index (χ1v) is 15.1. The molecule has 0 radical (unpaired) electrons.